The first kappa shape index (κ1) is 9.92. The lowest BCUT2D eigenvalue weighted by Crippen LogP contribution is -2.42. The zero-order chi connectivity index (χ0) is 8.91. The Hall–Kier alpha value is -1.08. The molecule has 0 spiro atoms. The largest absolute Gasteiger partial charge is 0.351 e. The SMILES string of the molecule is C=CCNS(=O)(=O)NC(N)=O. The number of urea groups is 1. The Balaban J connectivity index is 4.02. The molecule has 0 aromatic carbocycles. The third-order valence-electron chi connectivity index (χ3n) is 0.653. The van der Waals surface area contributed by atoms with Crippen LogP contribution in [0.15, 0.2) is 12.7 Å². The van der Waals surface area contributed by atoms with E-state index in [1.807, 2.05) is 4.72 Å². The molecule has 11 heavy (non-hydrogen) atoms. The van der Waals surface area contributed by atoms with Crippen molar-refractivity contribution in [3.63, 3.8) is 0 Å². The average Bonchev–Trinajstić information content (AvgIpc) is 1.81. The quantitative estimate of drug-likeness (QED) is 0.466. The Labute approximate surface area is 64.6 Å². The normalized spacial score (nSPS) is 10.5. The summed E-state index contributed by atoms with van der Waals surface area (Å²) in [5.41, 5.74) is 4.56. The summed E-state index contributed by atoms with van der Waals surface area (Å²) in [6, 6.07) is -1.12. The van der Waals surface area contributed by atoms with Crippen LogP contribution in [0.25, 0.3) is 0 Å². The molecular weight excluding hydrogens is 170 g/mol. The van der Waals surface area contributed by atoms with E-state index in [-0.39, 0.29) is 6.54 Å². The predicted octanol–water partition coefficient (Wildman–Crippen LogP) is -1.32. The topological polar surface area (TPSA) is 101 Å². The van der Waals surface area contributed by atoms with Gasteiger partial charge >= 0.3 is 16.2 Å². The second-order valence-corrected chi connectivity index (χ2v) is 3.11. The molecule has 0 fully saturated rings. The van der Waals surface area contributed by atoms with Crippen molar-refractivity contribution in [1.29, 1.82) is 0 Å². The van der Waals surface area contributed by atoms with Gasteiger partial charge in [-0.1, -0.05) is 6.08 Å². The molecule has 6 nitrogen and oxygen atoms in total. The molecule has 0 rings (SSSR count). The Bertz CT molecular complexity index is 245. The second kappa shape index (κ2) is 3.94. The molecule has 7 heteroatoms. The summed E-state index contributed by atoms with van der Waals surface area (Å²) in [7, 11) is -3.79. The number of nitrogens with one attached hydrogen (secondary N) is 2. The van der Waals surface area contributed by atoms with Gasteiger partial charge in [-0.05, 0) is 0 Å². The van der Waals surface area contributed by atoms with Crippen LogP contribution in [-0.4, -0.2) is 21.0 Å². The minimum Gasteiger partial charge on any atom is -0.351 e. The van der Waals surface area contributed by atoms with E-state index in [4.69, 9.17) is 0 Å². The third-order valence-corrected chi connectivity index (χ3v) is 1.67. The molecule has 0 saturated heterocycles. The van der Waals surface area contributed by atoms with Crippen molar-refractivity contribution >= 4 is 16.2 Å². The molecule has 4 N–H and O–H groups in total. The number of hydrogen-bond acceptors (Lipinski definition) is 3. The molecule has 0 unspecified atom stereocenters. The van der Waals surface area contributed by atoms with Gasteiger partial charge in [0.05, 0.1) is 0 Å². The van der Waals surface area contributed by atoms with Crippen LogP contribution < -0.4 is 15.2 Å². The van der Waals surface area contributed by atoms with E-state index >= 15 is 0 Å². The number of rotatable bonds is 4. The number of carbonyl (C=O) groups is 1. The molecule has 0 radical (unpaired) electrons. The van der Waals surface area contributed by atoms with E-state index in [0.717, 1.165) is 0 Å². The number of primary amides is 1. The lowest BCUT2D eigenvalue weighted by Gasteiger charge is -2.02. The van der Waals surface area contributed by atoms with Crippen LogP contribution in [0.2, 0.25) is 0 Å². The van der Waals surface area contributed by atoms with Crippen LogP contribution in [0.3, 0.4) is 0 Å². The lowest BCUT2D eigenvalue weighted by atomic mass is 10.7. The van der Waals surface area contributed by atoms with Crippen molar-refractivity contribution < 1.29 is 13.2 Å². The number of carbonyl (C=O) groups excluding carboxylic acids is 1. The van der Waals surface area contributed by atoms with Crippen LogP contribution in [0.5, 0.6) is 0 Å². The van der Waals surface area contributed by atoms with E-state index in [1.54, 1.807) is 0 Å². The highest BCUT2D eigenvalue weighted by Crippen LogP contribution is 1.74. The summed E-state index contributed by atoms with van der Waals surface area (Å²) in [5, 5.41) is 0. The molecule has 64 valence electrons. The zero-order valence-corrected chi connectivity index (χ0v) is 6.52. The monoisotopic (exact) mass is 179 g/mol. The maximum Gasteiger partial charge on any atom is 0.326 e. The Kier molecular flexibility index (Phi) is 3.55. The summed E-state index contributed by atoms with van der Waals surface area (Å²) in [4.78, 5) is 10.0. The van der Waals surface area contributed by atoms with Crippen LogP contribution in [0.1, 0.15) is 0 Å². The summed E-state index contributed by atoms with van der Waals surface area (Å²) >= 11 is 0. The van der Waals surface area contributed by atoms with Gasteiger partial charge in [0.15, 0.2) is 0 Å². The van der Waals surface area contributed by atoms with Gasteiger partial charge in [-0.3, -0.25) is 0 Å². The molecule has 0 aliphatic rings. The molecule has 0 aromatic heterocycles. The van der Waals surface area contributed by atoms with Gasteiger partial charge in [-0.25, -0.2) is 9.52 Å². The molecule has 0 aliphatic carbocycles. The highest BCUT2D eigenvalue weighted by Gasteiger charge is 2.08. The lowest BCUT2D eigenvalue weighted by molar-refractivity contribution is 0.253. The van der Waals surface area contributed by atoms with E-state index in [9.17, 15) is 13.2 Å². The fraction of sp³-hybridized carbons (Fsp3) is 0.250. The van der Waals surface area contributed by atoms with Crippen molar-refractivity contribution in [3.8, 4) is 0 Å². The van der Waals surface area contributed by atoms with E-state index < -0.39 is 16.2 Å². The van der Waals surface area contributed by atoms with Crippen molar-refractivity contribution in [2.24, 2.45) is 5.73 Å². The van der Waals surface area contributed by atoms with Crippen LogP contribution >= 0.6 is 0 Å². The Morgan fingerprint density at radius 1 is 1.64 bits per heavy atom. The molecule has 0 atom stereocenters. The van der Waals surface area contributed by atoms with E-state index in [2.05, 4.69) is 12.3 Å². The summed E-state index contributed by atoms with van der Waals surface area (Å²) in [5.74, 6) is 0. The highest BCUT2D eigenvalue weighted by molar-refractivity contribution is 7.88. The number of amides is 2. The minimum absolute atomic E-state index is 0.0443. The van der Waals surface area contributed by atoms with Crippen LogP contribution in [0.4, 0.5) is 4.79 Å². The first-order valence-electron chi connectivity index (χ1n) is 2.65. The minimum atomic E-state index is -3.79. The molecule has 2 amide bonds. The fourth-order valence-electron chi connectivity index (χ4n) is 0.337. The number of nitrogens with two attached hydrogens (primary N) is 1. The number of hydrogen-bond donors (Lipinski definition) is 3. The van der Waals surface area contributed by atoms with Crippen molar-refractivity contribution in [3.05, 3.63) is 12.7 Å². The van der Waals surface area contributed by atoms with Gasteiger partial charge in [0.1, 0.15) is 0 Å². The first-order valence-corrected chi connectivity index (χ1v) is 4.14. The van der Waals surface area contributed by atoms with Crippen molar-refractivity contribution in [2.75, 3.05) is 6.54 Å². The Morgan fingerprint density at radius 3 is 2.55 bits per heavy atom. The Morgan fingerprint density at radius 2 is 2.18 bits per heavy atom. The standard InChI is InChI=1S/C4H9N3O3S/c1-2-3-6-11(9,10)7-4(5)8/h2,6H,1,3H2,(H3,5,7,8). The summed E-state index contributed by atoms with van der Waals surface area (Å²) in [6.07, 6.45) is 1.33. The predicted molar refractivity (Wildman–Crippen MR) is 39.8 cm³/mol. The van der Waals surface area contributed by atoms with E-state index in [1.165, 1.54) is 10.8 Å². The zero-order valence-electron chi connectivity index (χ0n) is 5.70. The van der Waals surface area contributed by atoms with Gasteiger partial charge in [-0.15, -0.1) is 6.58 Å². The van der Waals surface area contributed by atoms with Gasteiger partial charge in [0.2, 0.25) is 0 Å². The van der Waals surface area contributed by atoms with Crippen molar-refractivity contribution in [1.82, 2.24) is 9.44 Å². The third kappa shape index (κ3) is 5.37. The van der Waals surface area contributed by atoms with Gasteiger partial charge in [-0.2, -0.15) is 13.1 Å². The van der Waals surface area contributed by atoms with Crippen molar-refractivity contribution in [2.45, 2.75) is 0 Å². The molecule has 0 saturated carbocycles. The molecule has 0 aromatic rings. The van der Waals surface area contributed by atoms with E-state index in [0.29, 0.717) is 0 Å². The van der Waals surface area contributed by atoms with Gasteiger partial charge < -0.3 is 5.73 Å². The first-order chi connectivity index (χ1) is 4.98. The maximum absolute atomic E-state index is 10.6. The van der Waals surface area contributed by atoms with Gasteiger partial charge in [0.25, 0.3) is 0 Å². The van der Waals surface area contributed by atoms with Gasteiger partial charge in [0, 0.05) is 6.54 Å². The smallest absolute Gasteiger partial charge is 0.326 e. The second-order valence-electron chi connectivity index (χ2n) is 1.61. The fourth-order valence-corrected chi connectivity index (χ4v) is 1.01. The average molecular weight is 179 g/mol. The highest BCUT2D eigenvalue weighted by atomic mass is 32.2. The molecular formula is C4H9N3O3S. The maximum atomic E-state index is 10.6. The van der Waals surface area contributed by atoms with Crippen LogP contribution in [0, 0.1) is 0 Å². The summed E-state index contributed by atoms with van der Waals surface area (Å²) < 4.78 is 24.7. The molecule has 0 heterocycles. The molecule has 0 bridgehead atoms. The van der Waals surface area contributed by atoms with Crippen LogP contribution in [-0.2, 0) is 10.2 Å². The summed E-state index contributed by atoms with van der Waals surface area (Å²) in [6.45, 7) is 3.32. The molecule has 0 aliphatic heterocycles.